The van der Waals surface area contributed by atoms with Gasteiger partial charge in [-0.2, -0.15) is 10.2 Å². The van der Waals surface area contributed by atoms with E-state index in [1.54, 1.807) is 34.2 Å². The molecule has 136 valence electrons. The highest BCUT2D eigenvalue weighted by molar-refractivity contribution is 6.30. The molecule has 8 heteroatoms. The smallest absolute Gasteiger partial charge is 0.137 e. The van der Waals surface area contributed by atoms with Gasteiger partial charge in [0.25, 0.3) is 0 Å². The summed E-state index contributed by atoms with van der Waals surface area (Å²) < 4.78 is 3.25. The molecule has 2 heterocycles. The Bertz CT molecular complexity index is 973. The van der Waals surface area contributed by atoms with Crippen molar-refractivity contribution in [2.45, 2.75) is 18.2 Å². The molecule has 4 rings (SSSR count). The summed E-state index contributed by atoms with van der Waals surface area (Å²) in [5.74, 6) is 0. The first-order valence-electron chi connectivity index (χ1n) is 8.37. The molecule has 2 atom stereocenters. The molecule has 0 aliphatic heterocycles. The van der Waals surface area contributed by atoms with E-state index in [1.165, 1.54) is 12.7 Å². The second-order valence-electron chi connectivity index (χ2n) is 6.21. The molecule has 4 aromatic rings. The van der Waals surface area contributed by atoms with E-state index < -0.39 is 11.6 Å². The standard InChI is InChI=1S/C19H17ClN6O/c20-17-8-6-16(7-9-17)19(27,10-25-13-21-11-23-25)18(26-14-22-12-24-26)15-4-2-1-3-5-15/h1-9,11-14,18,27H,10H2. The van der Waals surface area contributed by atoms with Gasteiger partial charge in [0.05, 0.1) is 6.54 Å². The predicted molar refractivity (Wildman–Crippen MR) is 100.0 cm³/mol. The van der Waals surface area contributed by atoms with E-state index in [1.807, 2.05) is 42.5 Å². The van der Waals surface area contributed by atoms with Gasteiger partial charge < -0.3 is 5.11 Å². The maximum Gasteiger partial charge on any atom is 0.137 e. The second kappa shape index (κ2) is 7.30. The number of rotatable bonds is 6. The molecule has 0 saturated carbocycles. The summed E-state index contributed by atoms with van der Waals surface area (Å²) in [6, 6.07) is 16.3. The molecule has 0 saturated heterocycles. The van der Waals surface area contributed by atoms with Gasteiger partial charge in [0.1, 0.15) is 37.0 Å². The summed E-state index contributed by atoms with van der Waals surface area (Å²) in [4.78, 5) is 8.07. The molecular weight excluding hydrogens is 364 g/mol. The minimum absolute atomic E-state index is 0.175. The Hall–Kier alpha value is -3.03. The summed E-state index contributed by atoms with van der Waals surface area (Å²) in [5, 5.41) is 21.1. The molecule has 0 spiro atoms. The van der Waals surface area contributed by atoms with Crippen LogP contribution in [0.15, 0.2) is 79.9 Å². The number of aliphatic hydroxyl groups is 1. The molecule has 1 N–H and O–H groups in total. The van der Waals surface area contributed by atoms with Crippen molar-refractivity contribution in [3.8, 4) is 0 Å². The van der Waals surface area contributed by atoms with Crippen LogP contribution < -0.4 is 0 Å². The second-order valence-corrected chi connectivity index (χ2v) is 6.65. The Balaban J connectivity index is 1.90. The molecule has 2 unspecified atom stereocenters. The van der Waals surface area contributed by atoms with E-state index in [0.29, 0.717) is 10.6 Å². The van der Waals surface area contributed by atoms with E-state index in [9.17, 15) is 5.11 Å². The average Bonchev–Trinajstić information content (AvgIpc) is 3.38. The Morgan fingerprint density at radius 3 is 2.26 bits per heavy atom. The normalized spacial score (nSPS) is 14.6. The quantitative estimate of drug-likeness (QED) is 0.556. The van der Waals surface area contributed by atoms with E-state index in [4.69, 9.17) is 11.6 Å². The van der Waals surface area contributed by atoms with E-state index in [-0.39, 0.29) is 6.54 Å². The number of hydrogen-bond acceptors (Lipinski definition) is 5. The lowest BCUT2D eigenvalue weighted by Crippen LogP contribution is -2.42. The van der Waals surface area contributed by atoms with Gasteiger partial charge in [-0.15, -0.1) is 0 Å². The van der Waals surface area contributed by atoms with Crippen molar-refractivity contribution in [1.82, 2.24) is 29.5 Å². The summed E-state index contributed by atoms with van der Waals surface area (Å²) in [6.45, 7) is 0.175. The molecule has 0 radical (unpaired) electrons. The monoisotopic (exact) mass is 380 g/mol. The van der Waals surface area contributed by atoms with Gasteiger partial charge in [-0.05, 0) is 23.3 Å². The number of nitrogens with zero attached hydrogens (tertiary/aromatic N) is 6. The molecular formula is C19H17ClN6O. The minimum Gasteiger partial charge on any atom is -0.381 e. The zero-order chi connectivity index (χ0) is 18.7. The largest absolute Gasteiger partial charge is 0.381 e. The molecule has 27 heavy (non-hydrogen) atoms. The van der Waals surface area contributed by atoms with Crippen molar-refractivity contribution in [2.24, 2.45) is 0 Å². The third-order valence-corrected chi connectivity index (χ3v) is 4.73. The fraction of sp³-hybridized carbons (Fsp3) is 0.158. The summed E-state index contributed by atoms with van der Waals surface area (Å²) in [6.07, 6.45) is 6.06. The van der Waals surface area contributed by atoms with Crippen LogP contribution in [0, 0.1) is 0 Å². The zero-order valence-corrected chi connectivity index (χ0v) is 15.1. The third kappa shape index (κ3) is 3.47. The summed E-state index contributed by atoms with van der Waals surface area (Å²) >= 11 is 6.06. The first-order valence-corrected chi connectivity index (χ1v) is 8.74. The van der Waals surface area contributed by atoms with Crippen LogP contribution in [0.4, 0.5) is 0 Å². The summed E-state index contributed by atoms with van der Waals surface area (Å²) in [7, 11) is 0. The van der Waals surface area contributed by atoms with Crippen LogP contribution in [0.1, 0.15) is 17.2 Å². The lowest BCUT2D eigenvalue weighted by molar-refractivity contribution is -0.0263. The molecule has 7 nitrogen and oxygen atoms in total. The van der Waals surface area contributed by atoms with Crippen LogP contribution >= 0.6 is 11.6 Å². The molecule has 0 amide bonds. The average molecular weight is 381 g/mol. The van der Waals surface area contributed by atoms with Crippen LogP contribution in [0.5, 0.6) is 0 Å². The first-order chi connectivity index (χ1) is 13.2. The number of halogens is 1. The molecule has 2 aromatic heterocycles. The van der Waals surface area contributed by atoms with E-state index >= 15 is 0 Å². The van der Waals surface area contributed by atoms with Crippen molar-refractivity contribution in [3.05, 3.63) is 96.1 Å². The fourth-order valence-corrected chi connectivity index (χ4v) is 3.39. The summed E-state index contributed by atoms with van der Waals surface area (Å²) in [5.41, 5.74) is 0.195. The number of benzene rings is 2. The minimum atomic E-state index is -1.38. The van der Waals surface area contributed by atoms with Crippen LogP contribution in [-0.4, -0.2) is 34.6 Å². The Kier molecular flexibility index (Phi) is 4.70. The fourth-order valence-electron chi connectivity index (χ4n) is 3.27. The maximum atomic E-state index is 12.0. The van der Waals surface area contributed by atoms with Crippen molar-refractivity contribution in [3.63, 3.8) is 0 Å². The number of hydrogen-bond donors (Lipinski definition) is 1. The maximum absolute atomic E-state index is 12.0. The van der Waals surface area contributed by atoms with Crippen LogP contribution in [0.3, 0.4) is 0 Å². The third-order valence-electron chi connectivity index (χ3n) is 4.48. The number of aromatic nitrogens is 6. The predicted octanol–water partition coefficient (Wildman–Crippen LogP) is 2.70. The van der Waals surface area contributed by atoms with Crippen LogP contribution in [0.25, 0.3) is 0 Å². The van der Waals surface area contributed by atoms with E-state index in [2.05, 4.69) is 20.2 Å². The highest BCUT2D eigenvalue weighted by Gasteiger charge is 2.42. The highest BCUT2D eigenvalue weighted by Crippen LogP contribution is 2.39. The molecule has 0 bridgehead atoms. The SMILES string of the molecule is OC(Cn1cncn1)(c1ccc(Cl)cc1)C(c1ccccc1)n1cncn1. The van der Waals surface area contributed by atoms with Crippen molar-refractivity contribution < 1.29 is 5.11 Å². The molecule has 0 fully saturated rings. The van der Waals surface area contributed by atoms with Crippen molar-refractivity contribution >= 4 is 11.6 Å². The molecule has 0 aliphatic rings. The Morgan fingerprint density at radius 2 is 1.63 bits per heavy atom. The van der Waals surface area contributed by atoms with Gasteiger partial charge in [0.15, 0.2) is 0 Å². The molecule has 2 aromatic carbocycles. The molecule has 0 aliphatic carbocycles. The van der Waals surface area contributed by atoms with Gasteiger partial charge >= 0.3 is 0 Å². The van der Waals surface area contributed by atoms with Gasteiger partial charge in [-0.3, -0.25) is 0 Å². The van der Waals surface area contributed by atoms with Gasteiger partial charge in [-0.25, -0.2) is 19.3 Å². The first kappa shape index (κ1) is 17.4. The Morgan fingerprint density at radius 1 is 0.926 bits per heavy atom. The van der Waals surface area contributed by atoms with Crippen molar-refractivity contribution in [2.75, 3.05) is 0 Å². The van der Waals surface area contributed by atoms with Crippen molar-refractivity contribution in [1.29, 1.82) is 0 Å². The van der Waals surface area contributed by atoms with Gasteiger partial charge in [-0.1, -0.05) is 54.1 Å². The highest BCUT2D eigenvalue weighted by atomic mass is 35.5. The lowest BCUT2D eigenvalue weighted by atomic mass is 9.82. The van der Waals surface area contributed by atoms with Crippen LogP contribution in [-0.2, 0) is 12.1 Å². The van der Waals surface area contributed by atoms with E-state index in [0.717, 1.165) is 5.56 Å². The zero-order valence-electron chi connectivity index (χ0n) is 14.3. The lowest BCUT2D eigenvalue weighted by Gasteiger charge is -2.36. The topological polar surface area (TPSA) is 81.6 Å². The van der Waals surface area contributed by atoms with Gasteiger partial charge in [0, 0.05) is 5.02 Å². The van der Waals surface area contributed by atoms with Gasteiger partial charge in [0.2, 0.25) is 0 Å². The van der Waals surface area contributed by atoms with Crippen LogP contribution in [0.2, 0.25) is 5.02 Å². The Labute approximate surface area is 160 Å².